The van der Waals surface area contributed by atoms with Gasteiger partial charge in [0.2, 0.25) is 0 Å². The van der Waals surface area contributed by atoms with Gasteiger partial charge in [0.15, 0.2) is 0 Å². The maximum atomic E-state index is 2.58. The molecule has 434 valence electrons. The van der Waals surface area contributed by atoms with Crippen molar-refractivity contribution >= 4 is 110 Å². The number of aryl methyl sites for hydroxylation is 2. The van der Waals surface area contributed by atoms with Crippen molar-refractivity contribution in [2.75, 3.05) is 9.80 Å². The Bertz CT molecular complexity index is 4830. The number of hydrogen-bond donors (Lipinski definition) is 0. The largest absolute Gasteiger partial charge is 0.309 e. The maximum absolute atomic E-state index is 2.58. The van der Waals surface area contributed by atoms with Crippen molar-refractivity contribution < 1.29 is 0 Å². The molecule has 15 aromatic rings. The highest BCUT2D eigenvalue weighted by atomic mass is 15.2. The topological polar surface area (TPSA) is 15.3 Å². The molecule has 0 aliphatic rings. The number of hydrogen-bond acceptors (Lipinski definition) is 2. The number of rotatable bonds is 12. The van der Waals surface area contributed by atoms with Crippen LogP contribution in [0.3, 0.4) is 0 Å². The van der Waals surface area contributed by atoms with Crippen LogP contribution in [0.5, 0.6) is 0 Å². The van der Waals surface area contributed by atoms with Crippen LogP contribution in [0.15, 0.2) is 218 Å². The van der Waals surface area contributed by atoms with E-state index in [4.69, 9.17) is 0 Å². The highest BCUT2D eigenvalue weighted by Crippen LogP contribution is 2.53. The summed E-state index contributed by atoms with van der Waals surface area (Å²) in [6.45, 7) is 27.5. The summed E-state index contributed by atoms with van der Waals surface area (Å²) in [5.41, 5.74) is 27.2. The molecule has 0 aliphatic heterocycles. The monoisotopic (exact) mass is 1140 g/mol. The van der Waals surface area contributed by atoms with Gasteiger partial charge >= 0.3 is 0 Å². The number of fused-ring (bicyclic) bond motifs is 12. The average Bonchev–Trinajstić information content (AvgIpc) is 1.59. The molecule has 88 heavy (non-hydrogen) atoms. The van der Waals surface area contributed by atoms with Gasteiger partial charge in [0.05, 0.1) is 55.8 Å². The zero-order valence-electron chi connectivity index (χ0n) is 53.1. The summed E-state index contributed by atoms with van der Waals surface area (Å²) in [6, 6.07) is 84.5. The van der Waals surface area contributed by atoms with Crippen molar-refractivity contribution in [3.05, 3.63) is 252 Å². The van der Waals surface area contributed by atoms with Crippen LogP contribution in [-0.4, -0.2) is 8.80 Å². The number of anilines is 6. The fourth-order valence-electron chi connectivity index (χ4n) is 14.4. The van der Waals surface area contributed by atoms with E-state index in [0.717, 1.165) is 47.0 Å². The Hall–Kier alpha value is -9.38. The highest BCUT2D eigenvalue weighted by Gasteiger charge is 2.30. The van der Waals surface area contributed by atoms with Crippen LogP contribution in [0, 0.1) is 0 Å². The molecule has 0 fully saturated rings. The molecule has 15 rings (SSSR count). The minimum atomic E-state index is 0.0458. The first-order valence-electron chi connectivity index (χ1n) is 32.1. The molecule has 0 radical (unpaired) electrons. The molecule has 0 saturated carbocycles. The molecular weight excluding hydrogens is 1060 g/mol. The van der Waals surface area contributed by atoms with E-state index < -0.39 is 0 Å². The zero-order chi connectivity index (χ0) is 60.7. The molecule has 0 unspecified atom stereocenters. The standard InChI is InChI=1S/C84H78N4/c1-13-53-23-37-61(38-24-53)85(73-43-31-57(51(3)4)47-67(73)55-27-33-59(34-28-55)83(7,8)9)75-45-41-63-69-49-78-70(50-77(69)87-71-21-17-15-19-65(71)79(75)81(63)87)64-42-46-76(80-66-20-16-18-22-72(66)88(78)82(64)80)86(62-39-25-54(14-2)26-40-62)74-44-32-58(52(5)6)48-68(74)56-29-35-60(36-30-56)84(10,11)12/h15-52H,13-14H2,1-12H3. The Morgan fingerprint density at radius 2 is 0.705 bits per heavy atom. The second-order valence-electron chi connectivity index (χ2n) is 27.5. The van der Waals surface area contributed by atoms with E-state index in [2.05, 4.69) is 320 Å². The van der Waals surface area contributed by atoms with Crippen molar-refractivity contribution in [1.29, 1.82) is 0 Å². The van der Waals surface area contributed by atoms with Crippen molar-refractivity contribution in [3.63, 3.8) is 0 Å². The van der Waals surface area contributed by atoms with Gasteiger partial charge in [-0.1, -0.05) is 217 Å². The molecular formula is C84H78N4. The fourth-order valence-corrected chi connectivity index (χ4v) is 14.4. The molecule has 0 atom stereocenters. The summed E-state index contributed by atoms with van der Waals surface area (Å²) in [5.74, 6) is 0.737. The molecule has 0 aliphatic carbocycles. The average molecular weight is 1140 g/mol. The fraction of sp³-hybridized carbons (Fsp3) is 0.214. The van der Waals surface area contributed by atoms with E-state index in [9.17, 15) is 0 Å². The second kappa shape index (κ2) is 20.6. The number of nitrogens with zero attached hydrogens (tertiary/aromatic N) is 4. The van der Waals surface area contributed by atoms with Crippen LogP contribution in [-0.2, 0) is 23.7 Å². The highest BCUT2D eigenvalue weighted by molar-refractivity contribution is 6.32. The van der Waals surface area contributed by atoms with E-state index >= 15 is 0 Å². The summed E-state index contributed by atoms with van der Waals surface area (Å²) in [5, 5.41) is 9.99. The van der Waals surface area contributed by atoms with Gasteiger partial charge in [0.25, 0.3) is 0 Å². The Labute approximate surface area is 518 Å². The molecule has 11 aromatic carbocycles. The molecule has 4 heterocycles. The molecule has 0 N–H and O–H groups in total. The normalized spacial score (nSPS) is 12.6. The van der Waals surface area contributed by atoms with E-state index in [-0.39, 0.29) is 10.8 Å². The summed E-state index contributed by atoms with van der Waals surface area (Å²) < 4.78 is 5.17. The zero-order valence-corrected chi connectivity index (χ0v) is 53.1. The smallest absolute Gasteiger partial charge is 0.0641 e. The number of para-hydroxylation sites is 2. The van der Waals surface area contributed by atoms with Crippen molar-refractivity contribution in [2.45, 2.75) is 119 Å². The molecule has 4 nitrogen and oxygen atoms in total. The third-order valence-corrected chi connectivity index (χ3v) is 19.4. The lowest BCUT2D eigenvalue weighted by atomic mass is 9.85. The molecule has 0 amide bonds. The van der Waals surface area contributed by atoms with Crippen LogP contribution in [0.2, 0.25) is 0 Å². The van der Waals surface area contributed by atoms with Crippen LogP contribution < -0.4 is 9.80 Å². The minimum Gasteiger partial charge on any atom is -0.309 e. The number of benzene rings is 11. The van der Waals surface area contributed by atoms with E-state index in [1.54, 1.807) is 0 Å². The predicted molar refractivity (Wildman–Crippen MR) is 380 cm³/mol. The van der Waals surface area contributed by atoms with Gasteiger partial charge in [-0.3, -0.25) is 0 Å². The first-order valence-corrected chi connectivity index (χ1v) is 32.1. The van der Waals surface area contributed by atoms with E-state index in [0.29, 0.717) is 11.8 Å². The van der Waals surface area contributed by atoms with Crippen LogP contribution in [0.1, 0.15) is 128 Å². The van der Waals surface area contributed by atoms with Gasteiger partial charge in [-0.15, -0.1) is 0 Å². The Morgan fingerprint density at radius 3 is 1.06 bits per heavy atom. The van der Waals surface area contributed by atoms with Gasteiger partial charge in [0, 0.05) is 65.6 Å². The third-order valence-electron chi connectivity index (χ3n) is 19.4. The third kappa shape index (κ3) is 8.68. The van der Waals surface area contributed by atoms with Crippen LogP contribution in [0.25, 0.3) is 98.4 Å². The SMILES string of the molecule is CCc1ccc(N(c2ccc(C(C)C)cc2-c2ccc(C(C)(C)C)cc2)c2ccc3c4cc5c(cc4n4c6ccccc6c2c34)c2ccc(N(c3ccc(CC)cc3)c3ccc(C(C)C)cc3-c3ccc(C(C)(C)C)cc3)c3c4ccccc4n5c23)cc1. The van der Waals surface area contributed by atoms with Crippen molar-refractivity contribution in [3.8, 4) is 22.3 Å². The van der Waals surface area contributed by atoms with Gasteiger partial charge < -0.3 is 18.6 Å². The predicted octanol–water partition coefficient (Wildman–Crippen LogP) is 24.2. The molecule has 0 spiro atoms. The molecule has 0 saturated heterocycles. The van der Waals surface area contributed by atoms with Crippen LogP contribution >= 0.6 is 0 Å². The molecule has 4 aromatic heterocycles. The lowest BCUT2D eigenvalue weighted by Gasteiger charge is -2.30. The van der Waals surface area contributed by atoms with Crippen molar-refractivity contribution in [1.82, 2.24) is 8.80 Å². The summed E-state index contributed by atoms with van der Waals surface area (Å²) in [6.07, 6.45) is 1.96. The minimum absolute atomic E-state index is 0.0458. The maximum Gasteiger partial charge on any atom is 0.0641 e. The van der Waals surface area contributed by atoms with Gasteiger partial charge in [0.1, 0.15) is 0 Å². The Kier molecular flexibility index (Phi) is 12.9. The lowest BCUT2D eigenvalue weighted by molar-refractivity contribution is 0.590. The Morgan fingerprint density at radius 1 is 0.341 bits per heavy atom. The summed E-state index contributed by atoms with van der Waals surface area (Å²) >= 11 is 0. The second-order valence-corrected chi connectivity index (χ2v) is 27.5. The van der Waals surface area contributed by atoms with Gasteiger partial charge in [-0.2, -0.15) is 0 Å². The lowest BCUT2D eigenvalue weighted by Crippen LogP contribution is -2.13. The van der Waals surface area contributed by atoms with E-state index in [1.807, 2.05) is 0 Å². The first kappa shape index (κ1) is 55.2. The van der Waals surface area contributed by atoms with Crippen molar-refractivity contribution in [2.24, 2.45) is 0 Å². The van der Waals surface area contributed by atoms with E-state index in [1.165, 1.54) is 132 Å². The molecule has 0 bridgehead atoms. The summed E-state index contributed by atoms with van der Waals surface area (Å²) in [7, 11) is 0. The van der Waals surface area contributed by atoms with Crippen LogP contribution in [0.4, 0.5) is 34.1 Å². The van der Waals surface area contributed by atoms with Gasteiger partial charge in [-0.05, 0) is 165 Å². The van der Waals surface area contributed by atoms with Gasteiger partial charge in [-0.25, -0.2) is 0 Å². The number of aromatic nitrogens is 2. The first-order chi connectivity index (χ1) is 42.5. The summed E-state index contributed by atoms with van der Waals surface area (Å²) in [4.78, 5) is 5.11. The molecule has 4 heteroatoms. The quantitative estimate of drug-likeness (QED) is 0.121. The Balaban J connectivity index is 0.981.